The number of ether oxygens (including phenoxy) is 4. The number of aromatic hydroxyl groups is 4. The van der Waals surface area contributed by atoms with Crippen LogP contribution in [-0.4, -0.2) is 96.7 Å². The fraction of sp³-hybridized carbons (Fsp3) is 0.423. The molecular weight excluding hydrogens is 536 g/mol. The number of fused-ring (bicyclic) bond motifs is 1. The van der Waals surface area contributed by atoms with Gasteiger partial charge in [0.05, 0.1) is 18.8 Å². The maximum Gasteiger partial charge on any atom is 0.239 e. The average Bonchev–Trinajstić information content (AvgIpc) is 2.89. The van der Waals surface area contributed by atoms with E-state index in [1.54, 1.807) is 0 Å². The molecule has 3 aromatic rings. The van der Waals surface area contributed by atoms with E-state index in [0.717, 1.165) is 24.3 Å². The van der Waals surface area contributed by atoms with Crippen molar-refractivity contribution in [3.8, 4) is 40.1 Å². The summed E-state index contributed by atoms with van der Waals surface area (Å²) < 4.78 is 28.6. The number of hydrogen-bond acceptors (Lipinski definition) is 14. The highest BCUT2D eigenvalue weighted by Crippen LogP contribution is 2.39. The van der Waals surface area contributed by atoms with Crippen LogP contribution in [0, 0.1) is 0 Å². The van der Waals surface area contributed by atoms with Crippen molar-refractivity contribution in [1.82, 2.24) is 0 Å². The number of aliphatic hydroxyl groups is 4. The molecule has 2 fully saturated rings. The maximum atomic E-state index is 13.7. The summed E-state index contributed by atoms with van der Waals surface area (Å²) >= 11 is 0. The third kappa shape index (κ3) is 5.13. The topological polar surface area (TPSA) is 229 Å². The summed E-state index contributed by atoms with van der Waals surface area (Å²) in [6, 6.07) is 5.50. The molecule has 2 aliphatic heterocycles. The minimum Gasteiger partial charge on any atom is -0.508 e. The third-order valence-electron chi connectivity index (χ3n) is 6.81. The lowest BCUT2D eigenvalue weighted by molar-refractivity contribution is -0.323. The second-order valence-electron chi connectivity index (χ2n) is 9.67. The smallest absolute Gasteiger partial charge is 0.239 e. The van der Waals surface area contributed by atoms with E-state index in [9.17, 15) is 45.6 Å². The van der Waals surface area contributed by atoms with Crippen LogP contribution in [0.1, 0.15) is 13.3 Å². The second-order valence-corrected chi connectivity index (χ2v) is 9.67. The minimum atomic E-state index is -1.62. The highest BCUT2D eigenvalue weighted by molar-refractivity contribution is 5.88. The van der Waals surface area contributed by atoms with Gasteiger partial charge in [0.1, 0.15) is 40.8 Å². The number of phenols is 4. The first kappa shape index (κ1) is 27.9. The largest absolute Gasteiger partial charge is 0.508 e. The number of hydrogen-bond donors (Lipinski definition) is 8. The van der Waals surface area contributed by atoms with Crippen LogP contribution in [0.2, 0.25) is 0 Å². The van der Waals surface area contributed by atoms with Gasteiger partial charge in [0.25, 0.3) is 0 Å². The van der Waals surface area contributed by atoms with Gasteiger partial charge < -0.3 is 64.2 Å². The first-order chi connectivity index (χ1) is 18.9. The molecule has 14 nitrogen and oxygen atoms in total. The Kier molecular flexibility index (Phi) is 7.50. The van der Waals surface area contributed by atoms with Gasteiger partial charge in [0.15, 0.2) is 29.7 Å². The van der Waals surface area contributed by atoms with Crippen LogP contribution in [0.3, 0.4) is 0 Å². The van der Waals surface area contributed by atoms with Crippen LogP contribution in [0.25, 0.3) is 22.3 Å². The van der Waals surface area contributed by atoms with Crippen LogP contribution in [0.15, 0.2) is 39.5 Å². The van der Waals surface area contributed by atoms with Crippen molar-refractivity contribution in [3.05, 3.63) is 40.6 Å². The van der Waals surface area contributed by atoms with Crippen LogP contribution in [0.5, 0.6) is 28.7 Å². The number of rotatable bonds is 5. The van der Waals surface area contributed by atoms with Crippen molar-refractivity contribution in [2.75, 3.05) is 6.61 Å². The molecule has 40 heavy (non-hydrogen) atoms. The van der Waals surface area contributed by atoms with Crippen LogP contribution < -0.4 is 10.2 Å². The molecule has 8 N–H and O–H groups in total. The van der Waals surface area contributed by atoms with Crippen molar-refractivity contribution in [3.63, 3.8) is 0 Å². The summed E-state index contributed by atoms with van der Waals surface area (Å²) in [5.41, 5.74) is -1.12. The fourth-order valence-corrected chi connectivity index (χ4v) is 4.60. The molecular formula is C26H28O14. The van der Waals surface area contributed by atoms with E-state index in [2.05, 4.69) is 0 Å². The van der Waals surface area contributed by atoms with Crippen molar-refractivity contribution in [2.45, 2.75) is 62.5 Å². The number of phenolic OH excluding ortho intramolecular Hbond substituents is 4. The van der Waals surface area contributed by atoms with Crippen molar-refractivity contribution < 1.29 is 64.2 Å². The minimum absolute atomic E-state index is 0.0433. The zero-order chi connectivity index (χ0) is 28.9. The molecule has 0 bridgehead atoms. The zero-order valence-electron chi connectivity index (χ0n) is 20.9. The maximum absolute atomic E-state index is 13.7. The Morgan fingerprint density at radius 1 is 0.900 bits per heavy atom. The van der Waals surface area contributed by atoms with E-state index in [0.29, 0.717) is 0 Å². The van der Waals surface area contributed by atoms with Gasteiger partial charge in [0, 0.05) is 24.1 Å². The summed E-state index contributed by atoms with van der Waals surface area (Å²) in [5, 5.41) is 80.8. The Morgan fingerprint density at radius 3 is 2.35 bits per heavy atom. The average molecular weight is 564 g/mol. The standard InChI is InChI=1S/C26H28O14/c1-9-20(33)22(35)25(39-18-7-14(30)16(32)8-36-18)26(37-9)40-24-21(34)19-15(31)5-11(27)6-17(19)38-23(24)10-2-3-12(28)13(29)4-10/h2-6,9,14,16,18,20,22,25-33,35H,7-8H2,1H3/t9-,14+,16-,18+,20+,22+,25+,26+/m0/s1. The summed E-state index contributed by atoms with van der Waals surface area (Å²) in [5.74, 6) is -2.91. The Labute approximate surface area is 225 Å². The number of benzene rings is 2. The molecule has 216 valence electrons. The Balaban J connectivity index is 1.60. The summed E-state index contributed by atoms with van der Waals surface area (Å²) in [7, 11) is 0. The first-order valence-corrected chi connectivity index (χ1v) is 12.3. The van der Waals surface area contributed by atoms with Crippen LogP contribution in [-0.2, 0) is 14.2 Å². The molecule has 14 heteroatoms. The van der Waals surface area contributed by atoms with Crippen molar-refractivity contribution in [2.24, 2.45) is 0 Å². The van der Waals surface area contributed by atoms with Gasteiger partial charge in [-0.15, -0.1) is 0 Å². The van der Waals surface area contributed by atoms with E-state index in [-0.39, 0.29) is 35.3 Å². The molecule has 0 saturated carbocycles. The molecule has 2 aromatic carbocycles. The normalized spacial score (nSPS) is 30.8. The Morgan fingerprint density at radius 2 is 1.65 bits per heavy atom. The van der Waals surface area contributed by atoms with Gasteiger partial charge in [-0.25, -0.2) is 0 Å². The highest BCUT2D eigenvalue weighted by Gasteiger charge is 2.47. The van der Waals surface area contributed by atoms with Gasteiger partial charge >= 0.3 is 0 Å². The van der Waals surface area contributed by atoms with Gasteiger partial charge in [-0.3, -0.25) is 4.79 Å². The number of aliphatic hydroxyl groups excluding tert-OH is 4. The van der Waals surface area contributed by atoms with Gasteiger partial charge in [0.2, 0.25) is 17.5 Å². The first-order valence-electron chi connectivity index (χ1n) is 12.3. The molecule has 0 radical (unpaired) electrons. The molecule has 0 aliphatic carbocycles. The van der Waals surface area contributed by atoms with E-state index >= 15 is 0 Å². The lowest BCUT2D eigenvalue weighted by atomic mass is 9.99. The molecule has 1 aromatic heterocycles. The van der Waals surface area contributed by atoms with Crippen molar-refractivity contribution in [1.29, 1.82) is 0 Å². The van der Waals surface area contributed by atoms with E-state index in [4.69, 9.17) is 23.4 Å². The molecule has 2 saturated heterocycles. The third-order valence-corrected chi connectivity index (χ3v) is 6.81. The Bertz CT molecular complexity index is 1450. The lowest BCUT2D eigenvalue weighted by Crippen LogP contribution is -2.61. The second kappa shape index (κ2) is 10.7. The van der Waals surface area contributed by atoms with Crippen LogP contribution in [0.4, 0.5) is 0 Å². The van der Waals surface area contributed by atoms with E-state index < -0.39 is 83.4 Å². The van der Waals surface area contributed by atoms with E-state index in [1.807, 2.05) is 0 Å². The van der Waals surface area contributed by atoms with Gasteiger partial charge in [-0.2, -0.15) is 0 Å². The predicted octanol–water partition coefficient (Wildman–Crippen LogP) is -0.0188. The molecule has 8 atom stereocenters. The molecule has 0 spiro atoms. The summed E-state index contributed by atoms with van der Waals surface area (Å²) in [6.07, 6.45) is -10.9. The quantitative estimate of drug-likeness (QED) is 0.191. The van der Waals surface area contributed by atoms with Gasteiger partial charge in [-0.05, 0) is 25.1 Å². The highest BCUT2D eigenvalue weighted by atomic mass is 16.7. The van der Waals surface area contributed by atoms with Crippen LogP contribution >= 0.6 is 0 Å². The molecule has 5 rings (SSSR count). The molecule has 0 amide bonds. The molecule has 3 heterocycles. The Hall–Kier alpha value is -3.63. The lowest BCUT2D eigenvalue weighted by Gasteiger charge is -2.43. The summed E-state index contributed by atoms with van der Waals surface area (Å²) in [6.45, 7) is 1.17. The monoisotopic (exact) mass is 564 g/mol. The summed E-state index contributed by atoms with van der Waals surface area (Å²) in [4.78, 5) is 13.7. The predicted molar refractivity (Wildman–Crippen MR) is 133 cm³/mol. The molecule has 2 aliphatic rings. The van der Waals surface area contributed by atoms with Gasteiger partial charge in [-0.1, -0.05) is 0 Å². The molecule has 0 unspecified atom stereocenters. The SMILES string of the molecule is C[C@@H]1O[C@H](Oc2c(-c3ccc(O)c(O)c3)oc3cc(O)cc(O)c3c2=O)[C@H](O[C@@H]2C[C@@H](O)[C@@H](O)CO2)[C@H](O)[C@@H]1O. The zero-order valence-corrected chi connectivity index (χ0v) is 20.9. The van der Waals surface area contributed by atoms with Crippen molar-refractivity contribution >= 4 is 11.0 Å². The van der Waals surface area contributed by atoms with E-state index in [1.165, 1.54) is 13.0 Å². The fourth-order valence-electron chi connectivity index (χ4n) is 4.60.